The first kappa shape index (κ1) is 28.2. The molecule has 2 nitrogen and oxygen atoms in total. The lowest BCUT2D eigenvalue weighted by atomic mass is 10.0. The second kappa shape index (κ2) is 11.4. The molecule has 0 atom stereocenters. The zero-order valence-electron chi connectivity index (χ0n) is 26.4. The van der Waals surface area contributed by atoms with E-state index >= 15 is 0 Å². The van der Waals surface area contributed by atoms with Crippen molar-refractivity contribution in [3.8, 4) is 22.3 Å². The number of benzene rings is 7. The van der Waals surface area contributed by atoms with Crippen LogP contribution in [0.4, 0.5) is 17.1 Å². The smallest absolute Gasteiger partial charge is 0.0795 e. The Labute approximate surface area is 291 Å². The molecule has 0 aliphatic heterocycles. The minimum absolute atomic E-state index is 1.06. The van der Waals surface area contributed by atoms with Crippen molar-refractivity contribution in [2.24, 2.45) is 0 Å². The summed E-state index contributed by atoms with van der Waals surface area (Å²) >= 11 is 3.72. The molecule has 0 radical (unpaired) electrons. The molecule has 0 aliphatic rings. The molecular weight excluding hydrogens is 633 g/mol. The van der Waals surface area contributed by atoms with Crippen LogP contribution in [-0.2, 0) is 0 Å². The maximum Gasteiger partial charge on any atom is 0.0795 e. The average molecular weight is 661 g/mol. The van der Waals surface area contributed by atoms with E-state index < -0.39 is 0 Å². The van der Waals surface area contributed by atoms with Gasteiger partial charge in [-0.15, -0.1) is 22.7 Å². The van der Waals surface area contributed by atoms with E-state index in [0.717, 1.165) is 28.0 Å². The SMILES string of the molecule is c1ccc(-c2ccc(N(c3ccc(-c4cccc5c4sc4ccccc45)cc3)c3cccc4c3sc3ccc5cccnc5c34)cc2)cc1. The molecule has 0 unspecified atom stereocenters. The van der Waals surface area contributed by atoms with E-state index in [1.165, 1.54) is 62.6 Å². The van der Waals surface area contributed by atoms with Crippen molar-refractivity contribution in [3.05, 3.63) is 170 Å². The number of anilines is 3. The molecule has 0 spiro atoms. The fraction of sp³-hybridized carbons (Fsp3) is 0. The Hall–Kier alpha value is -5.81. The number of pyridine rings is 1. The van der Waals surface area contributed by atoms with Gasteiger partial charge in [0.15, 0.2) is 0 Å². The molecule has 0 aliphatic carbocycles. The summed E-state index contributed by atoms with van der Waals surface area (Å²) in [5.41, 5.74) is 9.36. The second-order valence-corrected chi connectivity index (χ2v) is 14.4. The van der Waals surface area contributed by atoms with Crippen LogP contribution in [0.2, 0.25) is 0 Å². The summed E-state index contributed by atoms with van der Waals surface area (Å²) in [6, 6.07) is 59.3. The van der Waals surface area contributed by atoms with Crippen LogP contribution in [0.1, 0.15) is 0 Å². The van der Waals surface area contributed by atoms with Crippen molar-refractivity contribution in [1.29, 1.82) is 0 Å². The average Bonchev–Trinajstić information content (AvgIpc) is 3.75. The van der Waals surface area contributed by atoms with Crippen LogP contribution in [0.15, 0.2) is 170 Å². The van der Waals surface area contributed by atoms with Gasteiger partial charge in [-0.1, -0.05) is 115 Å². The van der Waals surface area contributed by atoms with Gasteiger partial charge in [-0.2, -0.15) is 0 Å². The molecule has 0 saturated heterocycles. The molecule has 0 saturated carbocycles. The molecule has 3 aromatic heterocycles. The van der Waals surface area contributed by atoms with Gasteiger partial charge in [-0.25, -0.2) is 0 Å². The van der Waals surface area contributed by atoms with Crippen molar-refractivity contribution in [2.45, 2.75) is 0 Å². The van der Waals surface area contributed by atoms with Crippen LogP contribution in [-0.4, -0.2) is 4.98 Å². The topological polar surface area (TPSA) is 16.1 Å². The van der Waals surface area contributed by atoms with E-state index in [9.17, 15) is 0 Å². The summed E-state index contributed by atoms with van der Waals surface area (Å²) in [6.07, 6.45) is 1.90. The summed E-state index contributed by atoms with van der Waals surface area (Å²) in [4.78, 5) is 7.24. The first-order valence-corrected chi connectivity index (χ1v) is 18.1. The molecule has 10 aromatic rings. The van der Waals surface area contributed by atoms with Crippen molar-refractivity contribution in [2.75, 3.05) is 4.90 Å². The molecule has 230 valence electrons. The van der Waals surface area contributed by atoms with Gasteiger partial charge in [0.05, 0.1) is 15.9 Å². The van der Waals surface area contributed by atoms with Crippen LogP contribution < -0.4 is 4.90 Å². The summed E-state index contributed by atoms with van der Waals surface area (Å²) in [5, 5.41) is 6.27. The van der Waals surface area contributed by atoms with Crippen molar-refractivity contribution < 1.29 is 0 Å². The highest BCUT2D eigenvalue weighted by atomic mass is 32.1. The highest BCUT2D eigenvalue weighted by molar-refractivity contribution is 7.27. The highest BCUT2D eigenvalue weighted by Crippen LogP contribution is 2.47. The monoisotopic (exact) mass is 660 g/mol. The van der Waals surface area contributed by atoms with Crippen LogP contribution in [0, 0.1) is 0 Å². The predicted molar refractivity (Wildman–Crippen MR) is 213 cm³/mol. The summed E-state index contributed by atoms with van der Waals surface area (Å²) in [6.45, 7) is 0. The Morgan fingerprint density at radius 2 is 1.10 bits per heavy atom. The minimum Gasteiger partial charge on any atom is -0.309 e. The zero-order valence-corrected chi connectivity index (χ0v) is 28.0. The van der Waals surface area contributed by atoms with E-state index in [-0.39, 0.29) is 0 Å². The molecule has 4 heteroatoms. The van der Waals surface area contributed by atoms with E-state index in [4.69, 9.17) is 4.98 Å². The Bertz CT molecular complexity index is 2810. The van der Waals surface area contributed by atoms with Gasteiger partial charge in [-0.05, 0) is 70.8 Å². The van der Waals surface area contributed by atoms with Crippen LogP contribution >= 0.6 is 22.7 Å². The van der Waals surface area contributed by atoms with E-state index in [1.54, 1.807) is 0 Å². The van der Waals surface area contributed by atoms with Crippen LogP contribution in [0.5, 0.6) is 0 Å². The van der Waals surface area contributed by atoms with E-state index in [1.807, 2.05) is 34.9 Å². The number of thiophene rings is 2. The van der Waals surface area contributed by atoms with Gasteiger partial charge < -0.3 is 4.90 Å². The van der Waals surface area contributed by atoms with Crippen molar-refractivity contribution in [3.63, 3.8) is 0 Å². The lowest BCUT2D eigenvalue weighted by molar-refractivity contribution is 1.30. The van der Waals surface area contributed by atoms with Gasteiger partial charge in [0.2, 0.25) is 0 Å². The molecular formula is C45H28N2S2. The number of rotatable bonds is 5. The van der Waals surface area contributed by atoms with Gasteiger partial charge in [0, 0.05) is 58.6 Å². The quantitative estimate of drug-likeness (QED) is 0.183. The molecule has 0 N–H and O–H groups in total. The molecule has 0 amide bonds. The third kappa shape index (κ3) is 4.64. The Morgan fingerprint density at radius 1 is 0.429 bits per heavy atom. The predicted octanol–water partition coefficient (Wildman–Crippen LogP) is 13.8. The van der Waals surface area contributed by atoms with Crippen LogP contribution in [0.3, 0.4) is 0 Å². The Kier molecular flexibility index (Phi) is 6.57. The maximum absolute atomic E-state index is 4.83. The van der Waals surface area contributed by atoms with E-state index in [0.29, 0.717) is 0 Å². The normalized spacial score (nSPS) is 11.7. The largest absolute Gasteiger partial charge is 0.309 e. The minimum atomic E-state index is 1.06. The Balaban J connectivity index is 1.15. The number of nitrogens with zero attached hydrogens (tertiary/aromatic N) is 2. The van der Waals surface area contributed by atoms with Gasteiger partial charge in [0.1, 0.15) is 0 Å². The molecule has 0 bridgehead atoms. The van der Waals surface area contributed by atoms with Gasteiger partial charge >= 0.3 is 0 Å². The standard InChI is InChI=1S/C45H28N2S2/c1-2-9-29(10-3-1)30-18-23-33(24-19-30)47(39-16-7-15-38-42-41(49-45(38)39)27-22-32-11-8-28-46-43(32)42)34-25-20-31(21-26-34)35-13-6-14-37-36-12-4-5-17-40(36)48-44(35)37/h1-28H. The number of hydrogen-bond acceptors (Lipinski definition) is 4. The molecule has 7 aromatic carbocycles. The summed E-state index contributed by atoms with van der Waals surface area (Å²) < 4.78 is 5.16. The lowest BCUT2D eigenvalue weighted by Gasteiger charge is -2.26. The fourth-order valence-corrected chi connectivity index (χ4v) is 9.66. The number of fused-ring (bicyclic) bond motifs is 8. The lowest BCUT2D eigenvalue weighted by Crippen LogP contribution is -2.10. The summed E-state index contributed by atoms with van der Waals surface area (Å²) in [7, 11) is 0. The van der Waals surface area contributed by atoms with Crippen molar-refractivity contribution in [1.82, 2.24) is 4.98 Å². The molecule has 10 rings (SSSR count). The highest BCUT2D eigenvalue weighted by Gasteiger charge is 2.20. The third-order valence-corrected chi connectivity index (χ3v) is 11.9. The van der Waals surface area contributed by atoms with E-state index in [2.05, 4.69) is 163 Å². The zero-order chi connectivity index (χ0) is 32.3. The Morgan fingerprint density at radius 3 is 1.94 bits per heavy atom. The first-order chi connectivity index (χ1) is 24.3. The third-order valence-electron chi connectivity index (χ3n) is 9.53. The van der Waals surface area contributed by atoms with Gasteiger partial charge in [0.25, 0.3) is 0 Å². The molecule has 0 fully saturated rings. The molecule has 49 heavy (non-hydrogen) atoms. The van der Waals surface area contributed by atoms with Crippen LogP contribution in [0.25, 0.3) is 73.5 Å². The maximum atomic E-state index is 4.83. The second-order valence-electron chi connectivity index (χ2n) is 12.3. The first-order valence-electron chi connectivity index (χ1n) is 16.5. The summed E-state index contributed by atoms with van der Waals surface area (Å²) in [5.74, 6) is 0. The molecule has 3 heterocycles. The number of aromatic nitrogens is 1. The van der Waals surface area contributed by atoms with Crippen molar-refractivity contribution >= 4 is 91.0 Å². The van der Waals surface area contributed by atoms with Gasteiger partial charge in [-0.3, -0.25) is 4.98 Å². The number of hydrogen-bond donors (Lipinski definition) is 0. The fourth-order valence-electron chi connectivity index (χ4n) is 7.21.